The molecule has 0 amide bonds. The first-order chi connectivity index (χ1) is 7.78. The zero-order valence-corrected chi connectivity index (χ0v) is 10.1. The van der Waals surface area contributed by atoms with E-state index in [2.05, 4.69) is 19.1 Å². The lowest BCUT2D eigenvalue weighted by Crippen LogP contribution is -2.29. The summed E-state index contributed by atoms with van der Waals surface area (Å²) < 4.78 is 11.4. The fourth-order valence-corrected chi connectivity index (χ4v) is 2.23. The van der Waals surface area contributed by atoms with Crippen LogP contribution in [0, 0.1) is 6.92 Å². The number of methoxy groups -OCH3 is 1. The summed E-state index contributed by atoms with van der Waals surface area (Å²) in [6.07, 6.45) is 5.24. The molecular formula is C14H20O2. The first kappa shape index (κ1) is 11.5. The first-order valence-electron chi connectivity index (χ1n) is 6.04. The van der Waals surface area contributed by atoms with Gasteiger partial charge in [-0.15, -0.1) is 0 Å². The third-order valence-electron chi connectivity index (χ3n) is 3.24. The zero-order valence-electron chi connectivity index (χ0n) is 10.1. The molecule has 2 nitrogen and oxygen atoms in total. The van der Waals surface area contributed by atoms with E-state index in [1.165, 1.54) is 18.4 Å². The molecule has 1 aromatic rings. The van der Waals surface area contributed by atoms with Gasteiger partial charge >= 0.3 is 0 Å². The summed E-state index contributed by atoms with van der Waals surface area (Å²) in [7, 11) is 1.79. The Labute approximate surface area is 97.6 Å². The number of ether oxygens (including phenoxy) is 2. The molecule has 16 heavy (non-hydrogen) atoms. The Bertz CT molecular complexity index is 318. The maximum Gasteiger partial charge on any atom is 0.119 e. The van der Waals surface area contributed by atoms with Crippen molar-refractivity contribution in [1.82, 2.24) is 0 Å². The van der Waals surface area contributed by atoms with E-state index in [9.17, 15) is 0 Å². The molecule has 0 saturated heterocycles. The third kappa shape index (κ3) is 2.99. The molecule has 1 aliphatic rings. The number of hydrogen-bond donors (Lipinski definition) is 0. The van der Waals surface area contributed by atoms with Crippen LogP contribution in [0.15, 0.2) is 24.3 Å². The van der Waals surface area contributed by atoms with E-state index < -0.39 is 0 Å². The van der Waals surface area contributed by atoms with Gasteiger partial charge in [-0.25, -0.2) is 0 Å². The maximum absolute atomic E-state index is 5.96. The molecule has 0 heterocycles. The lowest BCUT2D eigenvalue weighted by Gasteiger charge is -2.28. The van der Waals surface area contributed by atoms with Gasteiger partial charge in [0.05, 0.1) is 6.10 Å². The molecule has 0 bridgehead atoms. The van der Waals surface area contributed by atoms with Crippen molar-refractivity contribution in [2.45, 2.75) is 44.8 Å². The molecule has 0 aliphatic heterocycles. The lowest BCUT2D eigenvalue weighted by atomic mass is 9.95. The Morgan fingerprint density at radius 3 is 2.44 bits per heavy atom. The van der Waals surface area contributed by atoms with E-state index in [0.717, 1.165) is 18.6 Å². The van der Waals surface area contributed by atoms with Gasteiger partial charge in [-0.1, -0.05) is 17.7 Å². The van der Waals surface area contributed by atoms with Gasteiger partial charge in [0.2, 0.25) is 0 Å². The minimum atomic E-state index is 0.321. The fourth-order valence-electron chi connectivity index (χ4n) is 2.23. The summed E-state index contributed by atoms with van der Waals surface area (Å²) in [5.74, 6) is 0.979. The summed E-state index contributed by atoms with van der Waals surface area (Å²) in [6, 6.07) is 8.27. The van der Waals surface area contributed by atoms with E-state index in [4.69, 9.17) is 9.47 Å². The molecule has 1 fully saturated rings. The first-order valence-corrected chi connectivity index (χ1v) is 6.04. The van der Waals surface area contributed by atoms with Gasteiger partial charge in [0.15, 0.2) is 0 Å². The molecule has 2 rings (SSSR count). The van der Waals surface area contributed by atoms with Crippen molar-refractivity contribution in [3.05, 3.63) is 29.8 Å². The van der Waals surface area contributed by atoms with E-state index in [1.54, 1.807) is 7.11 Å². The second kappa shape index (κ2) is 5.35. The second-order valence-corrected chi connectivity index (χ2v) is 4.58. The maximum atomic E-state index is 5.96. The number of rotatable bonds is 3. The molecule has 1 saturated carbocycles. The highest BCUT2D eigenvalue weighted by molar-refractivity contribution is 5.26. The number of benzene rings is 1. The van der Waals surface area contributed by atoms with E-state index >= 15 is 0 Å². The van der Waals surface area contributed by atoms with Crippen LogP contribution in [0.2, 0.25) is 0 Å². The number of hydrogen-bond acceptors (Lipinski definition) is 2. The Balaban J connectivity index is 1.91. The Hall–Kier alpha value is -1.02. The molecule has 88 valence electrons. The van der Waals surface area contributed by atoms with Gasteiger partial charge in [0.25, 0.3) is 0 Å². The summed E-state index contributed by atoms with van der Waals surface area (Å²) in [5, 5.41) is 0. The van der Waals surface area contributed by atoms with Crippen molar-refractivity contribution < 1.29 is 9.47 Å². The smallest absolute Gasteiger partial charge is 0.119 e. The van der Waals surface area contributed by atoms with Gasteiger partial charge in [-0.2, -0.15) is 0 Å². The van der Waals surface area contributed by atoms with Crippen LogP contribution >= 0.6 is 0 Å². The van der Waals surface area contributed by atoms with E-state index in [0.29, 0.717) is 12.2 Å². The van der Waals surface area contributed by atoms with Crippen LogP contribution in [-0.2, 0) is 4.74 Å². The molecule has 2 heteroatoms. The Morgan fingerprint density at radius 2 is 1.75 bits per heavy atom. The molecule has 0 aromatic heterocycles. The number of aryl methyl sites for hydroxylation is 1. The Kier molecular flexibility index (Phi) is 3.83. The molecular weight excluding hydrogens is 200 g/mol. The summed E-state index contributed by atoms with van der Waals surface area (Å²) in [6.45, 7) is 2.09. The normalized spacial score (nSPS) is 25.4. The largest absolute Gasteiger partial charge is 0.490 e. The van der Waals surface area contributed by atoms with Gasteiger partial charge in [0, 0.05) is 13.5 Å². The molecule has 0 N–H and O–H groups in total. The van der Waals surface area contributed by atoms with Crippen molar-refractivity contribution >= 4 is 0 Å². The molecule has 0 spiro atoms. The molecule has 1 aliphatic carbocycles. The molecule has 2 atom stereocenters. The summed E-state index contributed by atoms with van der Waals surface area (Å²) in [5.41, 5.74) is 1.27. The van der Waals surface area contributed by atoms with Gasteiger partial charge in [-0.05, 0) is 38.3 Å². The van der Waals surface area contributed by atoms with Crippen LogP contribution < -0.4 is 4.74 Å². The average Bonchev–Trinajstić information content (AvgIpc) is 2.32. The lowest BCUT2D eigenvalue weighted by molar-refractivity contribution is 0.0209. The monoisotopic (exact) mass is 220 g/mol. The van der Waals surface area contributed by atoms with Crippen molar-refractivity contribution in [2.24, 2.45) is 0 Å². The van der Waals surface area contributed by atoms with Crippen LogP contribution in [0.25, 0.3) is 0 Å². The minimum absolute atomic E-state index is 0.321. The van der Waals surface area contributed by atoms with Crippen LogP contribution in [0.5, 0.6) is 5.75 Å². The summed E-state index contributed by atoms with van der Waals surface area (Å²) >= 11 is 0. The van der Waals surface area contributed by atoms with Gasteiger partial charge in [-0.3, -0.25) is 0 Å². The molecule has 2 unspecified atom stereocenters. The predicted octanol–water partition coefficient (Wildman–Crippen LogP) is 3.33. The van der Waals surface area contributed by atoms with Gasteiger partial charge in [0.1, 0.15) is 11.9 Å². The summed E-state index contributed by atoms with van der Waals surface area (Å²) in [4.78, 5) is 0. The topological polar surface area (TPSA) is 18.5 Å². The van der Waals surface area contributed by atoms with Crippen molar-refractivity contribution in [1.29, 1.82) is 0 Å². The third-order valence-corrected chi connectivity index (χ3v) is 3.24. The SMILES string of the molecule is COC1CCCC(Oc2ccc(C)cc2)C1. The highest BCUT2D eigenvalue weighted by Crippen LogP contribution is 2.25. The van der Waals surface area contributed by atoms with Crippen molar-refractivity contribution in [2.75, 3.05) is 7.11 Å². The quantitative estimate of drug-likeness (QED) is 0.778. The van der Waals surface area contributed by atoms with E-state index in [-0.39, 0.29) is 0 Å². The van der Waals surface area contributed by atoms with Crippen molar-refractivity contribution in [3.8, 4) is 5.75 Å². The minimum Gasteiger partial charge on any atom is -0.490 e. The molecule has 0 radical (unpaired) electrons. The van der Waals surface area contributed by atoms with Crippen LogP contribution in [0.1, 0.15) is 31.2 Å². The van der Waals surface area contributed by atoms with E-state index in [1.807, 2.05) is 12.1 Å². The second-order valence-electron chi connectivity index (χ2n) is 4.58. The predicted molar refractivity (Wildman–Crippen MR) is 64.9 cm³/mol. The van der Waals surface area contributed by atoms with Crippen molar-refractivity contribution in [3.63, 3.8) is 0 Å². The standard InChI is InChI=1S/C14H20O2/c1-11-6-8-12(9-7-11)16-14-5-3-4-13(10-14)15-2/h6-9,13-14H,3-5,10H2,1-2H3. The van der Waals surface area contributed by atoms with Crippen LogP contribution in [0.4, 0.5) is 0 Å². The molecule has 1 aromatic carbocycles. The Morgan fingerprint density at radius 1 is 1.06 bits per heavy atom. The van der Waals surface area contributed by atoms with Gasteiger partial charge < -0.3 is 9.47 Å². The zero-order chi connectivity index (χ0) is 11.4. The average molecular weight is 220 g/mol. The van der Waals surface area contributed by atoms with Crippen LogP contribution in [-0.4, -0.2) is 19.3 Å². The fraction of sp³-hybridized carbons (Fsp3) is 0.571. The highest BCUT2D eigenvalue weighted by Gasteiger charge is 2.22. The highest BCUT2D eigenvalue weighted by atomic mass is 16.5. The van der Waals surface area contributed by atoms with Crippen LogP contribution in [0.3, 0.4) is 0 Å².